The summed E-state index contributed by atoms with van der Waals surface area (Å²) in [6, 6.07) is 13.8. The average Bonchev–Trinajstić information content (AvgIpc) is 2.88. The van der Waals surface area contributed by atoms with E-state index in [4.69, 9.17) is 0 Å². The Morgan fingerprint density at radius 2 is 1.96 bits per heavy atom. The lowest BCUT2D eigenvalue weighted by molar-refractivity contribution is -0.117. The molecule has 0 aliphatic rings. The van der Waals surface area contributed by atoms with Gasteiger partial charge < -0.3 is 4.57 Å². The average molecular weight is 326 g/mol. The molecule has 1 amide bonds. The van der Waals surface area contributed by atoms with Crippen molar-refractivity contribution in [3.8, 4) is 0 Å². The lowest BCUT2D eigenvalue weighted by Gasteiger charge is -2.00. The standard InChI is InChI=1S/C18H15FN2OS/c1-2-11-21-15-5-3-4-6-16(15)23-18(21)20-17(22)12-13-7-9-14(19)10-8-13/h2-10H,1,11-12H2. The highest BCUT2D eigenvalue weighted by molar-refractivity contribution is 7.16. The summed E-state index contributed by atoms with van der Waals surface area (Å²) in [6.45, 7) is 4.35. The molecule has 0 atom stereocenters. The smallest absolute Gasteiger partial charge is 0.252 e. The van der Waals surface area contributed by atoms with Crippen LogP contribution in [0.4, 0.5) is 4.39 Å². The molecule has 3 rings (SSSR count). The molecular formula is C18H15FN2OS. The predicted molar refractivity (Wildman–Crippen MR) is 90.7 cm³/mol. The first-order valence-electron chi connectivity index (χ1n) is 7.18. The van der Waals surface area contributed by atoms with Crippen molar-refractivity contribution >= 4 is 27.5 Å². The minimum atomic E-state index is -0.313. The first-order valence-corrected chi connectivity index (χ1v) is 8.00. The summed E-state index contributed by atoms with van der Waals surface area (Å²) in [4.78, 5) is 17.1. The number of hydrogen-bond acceptors (Lipinski definition) is 2. The van der Waals surface area contributed by atoms with Crippen molar-refractivity contribution in [1.82, 2.24) is 4.57 Å². The maximum atomic E-state index is 12.9. The molecule has 0 aliphatic heterocycles. The van der Waals surface area contributed by atoms with Gasteiger partial charge in [-0.2, -0.15) is 4.99 Å². The molecule has 0 N–H and O–H groups in total. The molecule has 0 fully saturated rings. The van der Waals surface area contributed by atoms with Crippen molar-refractivity contribution in [2.45, 2.75) is 13.0 Å². The molecule has 23 heavy (non-hydrogen) atoms. The summed E-state index contributed by atoms with van der Waals surface area (Å²) in [7, 11) is 0. The van der Waals surface area contributed by atoms with E-state index in [0.717, 1.165) is 15.8 Å². The molecule has 0 aliphatic carbocycles. The van der Waals surface area contributed by atoms with Gasteiger partial charge in [-0.25, -0.2) is 4.39 Å². The van der Waals surface area contributed by atoms with Crippen LogP contribution >= 0.6 is 11.3 Å². The number of carbonyl (C=O) groups excluding carboxylic acids is 1. The molecule has 1 aromatic heterocycles. The Labute approximate surface area is 137 Å². The van der Waals surface area contributed by atoms with Crippen LogP contribution in [0, 0.1) is 5.82 Å². The van der Waals surface area contributed by atoms with Crippen molar-refractivity contribution in [2.75, 3.05) is 0 Å². The minimum Gasteiger partial charge on any atom is -0.313 e. The van der Waals surface area contributed by atoms with Gasteiger partial charge in [0.15, 0.2) is 4.80 Å². The highest BCUT2D eigenvalue weighted by Gasteiger charge is 2.07. The minimum absolute atomic E-state index is 0.155. The Morgan fingerprint density at radius 3 is 2.70 bits per heavy atom. The molecule has 3 nitrogen and oxygen atoms in total. The Kier molecular flexibility index (Phi) is 4.48. The van der Waals surface area contributed by atoms with E-state index in [1.807, 2.05) is 28.8 Å². The molecule has 3 aromatic rings. The van der Waals surface area contributed by atoms with Gasteiger partial charge in [0.25, 0.3) is 5.91 Å². The zero-order valence-electron chi connectivity index (χ0n) is 12.4. The summed E-state index contributed by atoms with van der Waals surface area (Å²) in [5.74, 6) is -0.563. The van der Waals surface area contributed by atoms with Crippen molar-refractivity contribution in [2.24, 2.45) is 4.99 Å². The van der Waals surface area contributed by atoms with Gasteiger partial charge >= 0.3 is 0 Å². The van der Waals surface area contributed by atoms with Crippen LogP contribution in [-0.4, -0.2) is 10.5 Å². The van der Waals surface area contributed by atoms with E-state index in [0.29, 0.717) is 11.3 Å². The van der Waals surface area contributed by atoms with Crippen molar-refractivity contribution in [1.29, 1.82) is 0 Å². The maximum absolute atomic E-state index is 12.9. The van der Waals surface area contributed by atoms with E-state index >= 15 is 0 Å². The highest BCUT2D eigenvalue weighted by atomic mass is 32.1. The number of amides is 1. The van der Waals surface area contributed by atoms with Crippen LogP contribution in [0.15, 0.2) is 66.2 Å². The number of fused-ring (bicyclic) bond motifs is 1. The van der Waals surface area contributed by atoms with Crippen molar-refractivity contribution in [3.63, 3.8) is 0 Å². The number of halogens is 1. The number of carbonyl (C=O) groups is 1. The Hall–Kier alpha value is -2.53. The van der Waals surface area contributed by atoms with E-state index in [2.05, 4.69) is 11.6 Å². The van der Waals surface area contributed by atoms with E-state index in [1.54, 1.807) is 18.2 Å². The van der Waals surface area contributed by atoms with Gasteiger partial charge in [-0.05, 0) is 29.8 Å². The fourth-order valence-corrected chi connectivity index (χ4v) is 3.39. The first kappa shape index (κ1) is 15.4. The fraction of sp³-hybridized carbons (Fsp3) is 0.111. The molecule has 116 valence electrons. The quantitative estimate of drug-likeness (QED) is 0.673. The van der Waals surface area contributed by atoms with Crippen LogP contribution in [-0.2, 0) is 17.8 Å². The zero-order chi connectivity index (χ0) is 16.2. The number of allylic oxidation sites excluding steroid dienone is 1. The molecule has 1 heterocycles. The van der Waals surface area contributed by atoms with Crippen LogP contribution in [0.3, 0.4) is 0 Å². The van der Waals surface area contributed by atoms with Gasteiger partial charge in [0, 0.05) is 6.54 Å². The fourth-order valence-electron chi connectivity index (χ4n) is 2.33. The normalized spacial score (nSPS) is 11.8. The third-order valence-electron chi connectivity index (χ3n) is 3.39. The topological polar surface area (TPSA) is 34.4 Å². The molecule has 5 heteroatoms. The van der Waals surface area contributed by atoms with E-state index < -0.39 is 0 Å². The van der Waals surface area contributed by atoms with Crippen LogP contribution in [0.25, 0.3) is 10.2 Å². The largest absolute Gasteiger partial charge is 0.313 e. The second kappa shape index (κ2) is 6.71. The Balaban J connectivity index is 1.96. The molecule has 0 spiro atoms. The molecule has 0 unspecified atom stereocenters. The number of thiazole rings is 1. The number of aromatic nitrogens is 1. The van der Waals surface area contributed by atoms with Crippen LogP contribution in [0.1, 0.15) is 5.56 Å². The Morgan fingerprint density at radius 1 is 1.22 bits per heavy atom. The third-order valence-corrected chi connectivity index (χ3v) is 4.45. The number of hydrogen-bond donors (Lipinski definition) is 0. The zero-order valence-corrected chi connectivity index (χ0v) is 13.2. The number of benzene rings is 2. The molecule has 0 bridgehead atoms. The second-order valence-electron chi connectivity index (χ2n) is 5.06. The van der Waals surface area contributed by atoms with Gasteiger partial charge in [-0.15, -0.1) is 6.58 Å². The van der Waals surface area contributed by atoms with Gasteiger partial charge in [-0.3, -0.25) is 4.79 Å². The number of rotatable bonds is 4. The van der Waals surface area contributed by atoms with E-state index in [-0.39, 0.29) is 18.1 Å². The lowest BCUT2D eigenvalue weighted by atomic mass is 10.1. The monoisotopic (exact) mass is 326 g/mol. The van der Waals surface area contributed by atoms with Gasteiger partial charge in [0.1, 0.15) is 5.82 Å². The van der Waals surface area contributed by atoms with Crippen molar-refractivity contribution < 1.29 is 9.18 Å². The van der Waals surface area contributed by atoms with Gasteiger partial charge in [0.05, 0.1) is 16.6 Å². The molecular weight excluding hydrogens is 311 g/mol. The van der Waals surface area contributed by atoms with Crippen LogP contribution in [0.5, 0.6) is 0 Å². The summed E-state index contributed by atoms with van der Waals surface area (Å²) in [5, 5.41) is 0. The van der Waals surface area contributed by atoms with Gasteiger partial charge in [0.2, 0.25) is 0 Å². The van der Waals surface area contributed by atoms with Gasteiger partial charge in [-0.1, -0.05) is 41.7 Å². The summed E-state index contributed by atoms with van der Waals surface area (Å²) in [5.41, 5.74) is 1.78. The predicted octanol–water partition coefficient (Wildman–Crippen LogP) is 3.70. The Bertz CT molecular complexity index is 922. The molecule has 2 aromatic carbocycles. The number of nitrogens with zero attached hydrogens (tertiary/aromatic N) is 2. The maximum Gasteiger partial charge on any atom is 0.252 e. The summed E-state index contributed by atoms with van der Waals surface area (Å²) >= 11 is 1.47. The lowest BCUT2D eigenvalue weighted by Crippen LogP contribution is -2.16. The van der Waals surface area contributed by atoms with E-state index in [9.17, 15) is 9.18 Å². The third kappa shape index (κ3) is 3.46. The van der Waals surface area contributed by atoms with Crippen LogP contribution in [0.2, 0.25) is 0 Å². The molecule has 0 saturated heterocycles. The summed E-state index contributed by atoms with van der Waals surface area (Å²) in [6.07, 6.45) is 1.94. The SMILES string of the molecule is C=CCn1c(=NC(=O)Cc2ccc(F)cc2)sc2ccccc21. The summed E-state index contributed by atoms with van der Waals surface area (Å²) < 4.78 is 15.9. The van der Waals surface area contributed by atoms with Crippen LogP contribution < -0.4 is 4.80 Å². The number of para-hydroxylation sites is 1. The molecule has 0 saturated carbocycles. The molecule has 0 radical (unpaired) electrons. The first-order chi connectivity index (χ1) is 11.2. The van der Waals surface area contributed by atoms with Crippen molar-refractivity contribution in [3.05, 3.63) is 77.4 Å². The second-order valence-corrected chi connectivity index (χ2v) is 6.07. The van der Waals surface area contributed by atoms with E-state index in [1.165, 1.54) is 23.5 Å². The highest BCUT2D eigenvalue weighted by Crippen LogP contribution is 2.16.